The lowest BCUT2D eigenvalue weighted by molar-refractivity contribution is -0.122. The van der Waals surface area contributed by atoms with E-state index in [9.17, 15) is 43.6 Å². The Labute approximate surface area is 592 Å². The molecule has 0 aromatic carbocycles. The fourth-order valence-electron chi connectivity index (χ4n) is 12.9. The van der Waals surface area contributed by atoms with Crippen molar-refractivity contribution in [3.8, 4) is 12.1 Å². The van der Waals surface area contributed by atoms with Gasteiger partial charge in [0.2, 0.25) is 17.7 Å². The number of ether oxygens (including phenoxy) is 2. The van der Waals surface area contributed by atoms with E-state index in [1.807, 2.05) is 31.7 Å². The number of hydrogen-bond donors (Lipinski definition) is 7. The van der Waals surface area contributed by atoms with Crippen LogP contribution in [0.25, 0.3) is 0 Å². The Morgan fingerprint density at radius 3 is 2.07 bits per heavy atom. The summed E-state index contributed by atoms with van der Waals surface area (Å²) < 4.78 is 86.4. The van der Waals surface area contributed by atoms with Crippen molar-refractivity contribution in [2.24, 2.45) is 22.7 Å². The second-order valence-electron chi connectivity index (χ2n) is 28.0. The molecule has 560 valence electrons. The van der Waals surface area contributed by atoms with Gasteiger partial charge in [0.25, 0.3) is 0 Å². The van der Waals surface area contributed by atoms with Crippen LogP contribution in [0.1, 0.15) is 210 Å². The van der Waals surface area contributed by atoms with Crippen molar-refractivity contribution in [1.29, 1.82) is 10.5 Å². The molecule has 98 heavy (non-hydrogen) atoms. The molecule has 5 heterocycles. The van der Waals surface area contributed by atoms with Gasteiger partial charge in [-0.1, -0.05) is 80.1 Å². The minimum absolute atomic E-state index is 0.0178. The van der Waals surface area contributed by atoms with Crippen molar-refractivity contribution >= 4 is 71.1 Å². The normalized spacial score (nSPS) is 25.9. The molecule has 7 N–H and O–H groups in total. The minimum atomic E-state index is -4.30. The first-order chi connectivity index (χ1) is 47.4. The monoisotopic (exact) mass is 1460 g/mol. The first kappa shape index (κ1) is 83.2. The van der Waals surface area contributed by atoms with Crippen molar-refractivity contribution in [1.82, 2.24) is 42.1 Å². The molecule has 0 aromatic heterocycles. The largest absolute Gasteiger partial charge is 0.475 e. The van der Waals surface area contributed by atoms with Crippen molar-refractivity contribution in [2.45, 2.75) is 282 Å². The molecule has 5 rings (SSSR count). The number of urea groups is 2. The second-order valence-corrected chi connectivity index (χ2v) is 37.2. The Bertz CT molecular complexity index is 2690. The number of carbonyl (C=O) groups excluding carboxylic acids is 5. The average molecular weight is 1460 g/mol. The highest BCUT2D eigenvalue weighted by Crippen LogP contribution is 2.55. The van der Waals surface area contributed by atoms with Crippen LogP contribution >= 0.6 is 27.2 Å². The number of nitriles is 2. The summed E-state index contributed by atoms with van der Waals surface area (Å²) in [6, 6.07) is 5.02. The lowest BCUT2D eigenvalue weighted by Crippen LogP contribution is -2.57. The molecular formula is C68H123N11O15P2SSi. The van der Waals surface area contributed by atoms with E-state index in [4.69, 9.17) is 42.9 Å². The zero-order valence-corrected chi connectivity index (χ0v) is 64.1. The third-order valence-electron chi connectivity index (χ3n) is 19.2. The number of fused-ring (bicyclic) bond motifs is 1. The molecular weight excluding hydrogens is 1330 g/mol. The maximum absolute atomic E-state index is 14.7. The molecule has 0 bridgehead atoms. The highest BCUT2D eigenvalue weighted by Gasteiger charge is 2.47. The van der Waals surface area contributed by atoms with Crippen LogP contribution in [0.3, 0.4) is 0 Å². The van der Waals surface area contributed by atoms with Gasteiger partial charge in [0.15, 0.2) is 8.32 Å². The lowest BCUT2D eigenvalue weighted by atomic mass is 9.80. The number of unbranched alkanes of at least 4 members (excludes halogenated alkanes) is 9. The quantitative estimate of drug-likeness (QED) is 0.0129. The summed E-state index contributed by atoms with van der Waals surface area (Å²) in [6.07, 6.45) is 11.7. The topological polar surface area (TPSA) is 341 Å². The van der Waals surface area contributed by atoms with Gasteiger partial charge in [-0.3, -0.25) is 47.7 Å². The molecule has 14 atom stereocenters. The third kappa shape index (κ3) is 30.7. The van der Waals surface area contributed by atoms with E-state index in [0.29, 0.717) is 94.3 Å². The smallest absolute Gasteiger partial charge is 0.412 e. The van der Waals surface area contributed by atoms with E-state index in [2.05, 4.69) is 91.0 Å². The first-order valence-corrected chi connectivity index (χ1v) is 44.2. The Morgan fingerprint density at radius 1 is 0.796 bits per heavy atom. The van der Waals surface area contributed by atoms with E-state index in [1.54, 1.807) is 4.90 Å². The molecule has 7 amide bonds. The number of aliphatic imine (C=N–C) groups is 1. The predicted molar refractivity (Wildman–Crippen MR) is 384 cm³/mol. The van der Waals surface area contributed by atoms with Crippen LogP contribution in [0.5, 0.6) is 0 Å². The van der Waals surface area contributed by atoms with Gasteiger partial charge in [-0.15, -0.1) is 0 Å². The molecule has 5 fully saturated rings. The minimum Gasteiger partial charge on any atom is -0.412 e. The van der Waals surface area contributed by atoms with Gasteiger partial charge in [0.05, 0.1) is 75.8 Å². The van der Waals surface area contributed by atoms with Crippen molar-refractivity contribution in [3.05, 3.63) is 0 Å². The second kappa shape index (κ2) is 45.4. The van der Waals surface area contributed by atoms with E-state index in [1.165, 1.54) is 0 Å². The SMILES string of the molecule is [3H]C1CC(OP(=O)(OCCC#N)OCCCNCCC[Si](C)(C)OC(C)(C(C)C)C(C)CC)C(COP(=O)(CCCC#N)OC2CC(N3CC(C)C(=NCCCCCCNC(=O)CCCCCNC(=O)CCCCCNC(=O)CCCCC4SCC5NC(=O)NC54)NC3=O)OC2CC)O1. The van der Waals surface area contributed by atoms with E-state index < -0.39 is 61.0 Å². The van der Waals surface area contributed by atoms with Gasteiger partial charge in [-0.25, -0.2) is 14.2 Å². The number of thioether (sulfide) groups is 1. The third-order valence-corrected chi connectivity index (χ3v) is 26.8. The van der Waals surface area contributed by atoms with Crippen LogP contribution in [-0.2, 0) is 60.0 Å². The molecule has 0 spiro atoms. The molecule has 0 aliphatic carbocycles. The fourth-order valence-corrected chi connectivity index (χ4v) is 20.4. The van der Waals surface area contributed by atoms with Gasteiger partial charge >= 0.3 is 27.5 Å². The Hall–Kier alpha value is -3.73. The van der Waals surface area contributed by atoms with Crippen molar-refractivity contribution in [2.75, 3.05) is 84.1 Å². The number of nitrogens with one attached hydrogen (secondary N) is 7. The highest BCUT2D eigenvalue weighted by atomic mass is 32.2. The Morgan fingerprint density at radius 2 is 1.43 bits per heavy atom. The van der Waals surface area contributed by atoms with Crippen LogP contribution < -0.4 is 37.2 Å². The number of amides is 7. The van der Waals surface area contributed by atoms with Crippen molar-refractivity contribution in [3.63, 3.8) is 0 Å². The number of carbonyl (C=O) groups is 5. The molecule has 0 saturated carbocycles. The first-order valence-electron chi connectivity index (χ1n) is 37.4. The fraction of sp³-hybridized carbons (Fsp3) is 0.882. The number of amidine groups is 1. The van der Waals surface area contributed by atoms with Crippen LogP contribution in [-0.4, -0.2) is 187 Å². The summed E-state index contributed by atoms with van der Waals surface area (Å²) in [4.78, 5) is 68.7. The van der Waals surface area contributed by atoms with Crippen LogP contribution in [0.2, 0.25) is 19.1 Å². The predicted octanol–water partition coefficient (Wildman–Crippen LogP) is 11.5. The summed E-state index contributed by atoms with van der Waals surface area (Å²) in [5.41, 5.74) is -0.178. The number of nitrogens with zero attached hydrogens (tertiary/aromatic N) is 4. The zero-order chi connectivity index (χ0) is 72.3. The van der Waals surface area contributed by atoms with Gasteiger partial charge in [-0.2, -0.15) is 22.3 Å². The molecule has 5 saturated heterocycles. The number of hydrogen-bond acceptors (Lipinski definition) is 20. The summed E-state index contributed by atoms with van der Waals surface area (Å²) in [6.45, 7) is 22.0. The molecule has 26 nitrogen and oxygen atoms in total. The summed E-state index contributed by atoms with van der Waals surface area (Å²) in [5.74, 6) is 2.36. The maximum atomic E-state index is 14.7. The Balaban J connectivity index is 0.923. The van der Waals surface area contributed by atoms with E-state index >= 15 is 0 Å². The van der Waals surface area contributed by atoms with Crippen molar-refractivity contribution < 1.29 is 71.0 Å². The molecule has 0 radical (unpaired) electrons. The molecule has 5 aliphatic rings. The van der Waals surface area contributed by atoms with Gasteiger partial charge in [-0.05, 0) is 128 Å². The number of rotatable bonds is 53. The van der Waals surface area contributed by atoms with Gasteiger partial charge in [0.1, 0.15) is 24.3 Å². The van der Waals surface area contributed by atoms with E-state index in [-0.39, 0.29) is 111 Å². The Kier molecular flexibility index (Phi) is 38.5. The standard InChI is InChI=1S/C68H123N11O15P2SSi/c1-10-53(6)68(7,51(3)4)94-98(8,9)46-28-37-71-36-27-43-89-96(86,88-42-26-35-70)93-56-33-44-87-58(56)49-90-95(85,45-25-20-34-69)92-57-47-63(91-55(57)11-2)79-48-52(5)65(78-67(79)84)75-41-22-13-12-21-38-72-60(80)30-16-14-23-39-73-61(81)31-17-15-24-40-74-62(82)32-19-18-29-59-64-54(50-97-59)76-66(83)77-64/h51-59,63-64,71H,10-33,36-50H2,1-9H3,(H,72,80)(H,73,81)(H,74,82)(H,75,78,84)(H2,76,77,83)/i44T. The average Bonchev–Trinajstić information content (AvgIpc) is 1.80. The molecule has 14 unspecified atom stereocenters. The van der Waals surface area contributed by atoms with E-state index in [0.717, 1.165) is 115 Å². The molecule has 30 heteroatoms. The summed E-state index contributed by atoms with van der Waals surface area (Å²) in [7, 11) is -10.3. The molecule has 0 aromatic rings. The van der Waals surface area contributed by atoms with Gasteiger partial charge < -0.3 is 54.8 Å². The van der Waals surface area contributed by atoms with Gasteiger partial charge in [0, 0.05) is 94.8 Å². The summed E-state index contributed by atoms with van der Waals surface area (Å²) >= 11 is 1.89. The maximum Gasteiger partial charge on any atom is 0.475 e. The van der Waals surface area contributed by atoms with Crippen LogP contribution in [0.15, 0.2) is 4.99 Å². The number of phosphoric acid groups is 1. The lowest BCUT2D eigenvalue weighted by Gasteiger charge is -2.45. The zero-order valence-electron chi connectivity index (χ0n) is 61.5. The highest BCUT2D eigenvalue weighted by molar-refractivity contribution is 8.00. The molecule has 5 aliphatic heterocycles. The summed E-state index contributed by atoms with van der Waals surface area (Å²) in [5, 5.41) is 40.4. The van der Waals surface area contributed by atoms with Crippen LogP contribution in [0, 0.1) is 40.4 Å². The number of phosphoric ester groups is 1. The van der Waals surface area contributed by atoms with Crippen LogP contribution in [0.4, 0.5) is 9.59 Å².